The predicted molar refractivity (Wildman–Crippen MR) is 94.8 cm³/mol. The lowest BCUT2D eigenvalue weighted by molar-refractivity contribution is -0.115. The van der Waals surface area contributed by atoms with Crippen LogP contribution in [0.1, 0.15) is 22.9 Å². The second kappa shape index (κ2) is 7.62. The van der Waals surface area contributed by atoms with Gasteiger partial charge in [0.25, 0.3) is 0 Å². The van der Waals surface area contributed by atoms with E-state index in [1.165, 1.54) is 0 Å². The van der Waals surface area contributed by atoms with Gasteiger partial charge in [0, 0.05) is 5.69 Å². The van der Waals surface area contributed by atoms with E-state index in [2.05, 4.69) is 10.6 Å². The second-order valence-electron chi connectivity index (χ2n) is 5.65. The van der Waals surface area contributed by atoms with Gasteiger partial charge in [-0.1, -0.05) is 48.0 Å². The van der Waals surface area contributed by atoms with Crippen LogP contribution in [-0.4, -0.2) is 12.5 Å². The van der Waals surface area contributed by atoms with Crippen molar-refractivity contribution < 1.29 is 9.21 Å². The minimum absolute atomic E-state index is 0.0914. The summed E-state index contributed by atoms with van der Waals surface area (Å²) in [6.07, 6.45) is 1.64. The van der Waals surface area contributed by atoms with Crippen LogP contribution < -0.4 is 10.6 Å². The standard InChI is InChI=1S/C20H20N2O2/c1-15-9-11-17(12-10-15)22-19(23)14-21-20(18-8-5-13-24-18)16-6-3-2-4-7-16/h2-13,20-21H,14H2,1H3,(H,22,23)/t20-/m1/s1. The van der Waals surface area contributed by atoms with Gasteiger partial charge < -0.3 is 9.73 Å². The molecule has 0 unspecified atom stereocenters. The van der Waals surface area contributed by atoms with Crippen molar-refractivity contribution in [2.45, 2.75) is 13.0 Å². The van der Waals surface area contributed by atoms with Gasteiger partial charge in [-0.3, -0.25) is 10.1 Å². The molecular formula is C20H20N2O2. The number of aryl methyl sites for hydroxylation is 1. The van der Waals surface area contributed by atoms with E-state index in [-0.39, 0.29) is 18.5 Å². The third-order valence-corrected chi connectivity index (χ3v) is 3.76. The van der Waals surface area contributed by atoms with Crippen LogP contribution in [0.3, 0.4) is 0 Å². The molecule has 4 heteroatoms. The van der Waals surface area contributed by atoms with E-state index in [1.54, 1.807) is 6.26 Å². The molecule has 0 aliphatic heterocycles. The highest BCUT2D eigenvalue weighted by molar-refractivity contribution is 5.92. The summed E-state index contributed by atoms with van der Waals surface area (Å²) in [5.74, 6) is 0.690. The van der Waals surface area contributed by atoms with Crippen LogP contribution in [0.25, 0.3) is 0 Å². The molecule has 4 nitrogen and oxygen atoms in total. The first-order chi connectivity index (χ1) is 11.7. The highest BCUT2D eigenvalue weighted by atomic mass is 16.3. The first-order valence-corrected chi connectivity index (χ1v) is 7.90. The fourth-order valence-electron chi connectivity index (χ4n) is 2.52. The molecule has 0 aliphatic rings. The average Bonchev–Trinajstić information content (AvgIpc) is 3.12. The lowest BCUT2D eigenvalue weighted by atomic mass is 10.0. The normalized spacial score (nSPS) is 11.9. The monoisotopic (exact) mass is 320 g/mol. The van der Waals surface area contributed by atoms with E-state index in [0.717, 1.165) is 22.6 Å². The molecule has 3 rings (SSSR count). The fraction of sp³-hybridized carbons (Fsp3) is 0.150. The van der Waals surface area contributed by atoms with Crippen molar-refractivity contribution in [3.8, 4) is 0 Å². The minimum Gasteiger partial charge on any atom is -0.467 e. The van der Waals surface area contributed by atoms with Crippen molar-refractivity contribution in [1.82, 2.24) is 5.32 Å². The van der Waals surface area contributed by atoms with E-state index < -0.39 is 0 Å². The van der Waals surface area contributed by atoms with Gasteiger partial charge in [0.2, 0.25) is 5.91 Å². The number of hydrogen-bond donors (Lipinski definition) is 2. The van der Waals surface area contributed by atoms with E-state index in [4.69, 9.17) is 4.42 Å². The van der Waals surface area contributed by atoms with Crippen molar-refractivity contribution in [3.63, 3.8) is 0 Å². The zero-order valence-corrected chi connectivity index (χ0v) is 13.5. The van der Waals surface area contributed by atoms with Crippen LogP contribution in [-0.2, 0) is 4.79 Å². The van der Waals surface area contributed by atoms with Crippen LogP contribution in [0.15, 0.2) is 77.4 Å². The van der Waals surface area contributed by atoms with Crippen LogP contribution in [0.5, 0.6) is 0 Å². The maximum atomic E-state index is 12.2. The van der Waals surface area contributed by atoms with Gasteiger partial charge in [0.15, 0.2) is 0 Å². The number of hydrogen-bond acceptors (Lipinski definition) is 3. The summed E-state index contributed by atoms with van der Waals surface area (Å²) in [5, 5.41) is 6.15. The minimum atomic E-state index is -0.162. The summed E-state index contributed by atoms with van der Waals surface area (Å²) in [6.45, 7) is 2.20. The molecular weight excluding hydrogens is 300 g/mol. The highest BCUT2D eigenvalue weighted by Gasteiger charge is 2.17. The van der Waals surface area contributed by atoms with Crippen molar-refractivity contribution in [3.05, 3.63) is 89.9 Å². The van der Waals surface area contributed by atoms with E-state index in [0.29, 0.717) is 0 Å². The zero-order chi connectivity index (χ0) is 16.8. The first-order valence-electron chi connectivity index (χ1n) is 7.90. The van der Waals surface area contributed by atoms with Gasteiger partial charge >= 0.3 is 0 Å². The lowest BCUT2D eigenvalue weighted by Gasteiger charge is -2.17. The Morgan fingerprint density at radius 2 is 1.75 bits per heavy atom. The molecule has 0 saturated carbocycles. The number of anilines is 1. The molecule has 2 N–H and O–H groups in total. The number of carbonyl (C=O) groups is 1. The lowest BCUT2D eigenvalue weighted by Crippen LogP contribution is -2.31. The Morgan fingerprint density at radius 3 is 2.42 bits per heavy atom. The molecule has 0 fully saturated rings. The van der Waals surface area contributed by atoms with E-state index >= 15 is 0 Å². The molecule has 1 heterocycles. The SMILES string of the molecule is Cc1ccc(NC(=O)CN[C@H](c2ccccc2)c2ccco2)cc1. The van der Waals surface area contributed by atoms with Gasteiger partial charge in [-0.25, -0.2) is 0 Å². The number of amides is 1. The summed E-state index contributed by atoms with van der Waals surface area (Å²) < 4.78 is 5.52. The Morgan fingerprint density at radius 1 is 1.00 bits per heavy atom. The Hall–Kier alpha value is -2.85. The fourth-order valence-corrected chi connectivity index (χ4v) is 2.52. The molecule has 24 heavy (non-hydrogen) atoms. The molecule has 0 spiro atoms. The van der Waals surface area contributed by atoms with Crippen LogP contribution >= 0.6 is 0 Å². The topological polar surface area (TPSA) is 54.3 Å². The summed E-state index contributed by atoms with van der Waals surface area (Å²) in [5.41, 5.74) is 3.00. The largest absolute Gasteiger partial charge is 0.467 e. The summed E-state index contributed by atoms with van der Waals surface area (Å²) in [6, 6.07) is 21.3. The van der Waals surface area contributed by atoms with Gasteiger partial charge in [-0.2, -0.15) is 0 Å². The van der Waals surface area contributed by atoms with Gasteiger partial charge in [-0.05, 0) is 36.8 Å². The number of rotatable bonds is 6. The highest BCUT2D eigenvalue weighted by Crippen LogP contribution is 2.22. The number of carbonyl (C=O) groups excluding carboxylic acids is 1. The Kier molecular flexibility index (Phi) is 5.08. The van der Waals surface area contributed by atoms with Gasteiger partial charge in [0.1, 0.15) is 5.76 Å². The van der Waals surface area contributed by atoms with Crippen molar-refractivity contribution in [2.24, 2.45) is 0 Å². The molecule has 3 aromatic rings. The smallest absolute Gasteiger partial charge is 0.238 e. The average molecular weight is 320 g/mol. The van der Waals surface area contributed by atoms with Crippen LogP contribution in [0, 0.1) is 6.92 Å². The molecule has 1 atom stereocenters. The van der Waals surface area contributed by atoms with Crippen molar-refractivity contribution in [1.29, 1.82) is 0 Å². The molecule has 0 saturated heterocycles. The maximum absolute atomic E-state index is 12.2. The van der Waals surface area contributed by atoms with Gasteiger partial charge in [0.05, 0.1) is 18.8 Å². The Labute approximate surface area is 141 Å². The van der Waals surface area contributed by atoms with Crippen LogP contribution in [0.2, 0.25) is 0 Å². The van der Waals surface area contributed by atoms with Gasteiger partial charge in [-0.15, -0.1) is 0 Å². The molecule has 0 radical (unpaired) electrons. The second-order valence-corrected chi connectivity index (χ2v) is 5.65. The summed E-state index contributed by atoms with van der Waals surface area (Å²) >= 11 is 0. The molecule has 2 aromatic carbocycles. The maximum Gasteiger partial charge on any atom is 0.238 e. The predicted octanol–water partition coefficient (Wildman–Crippen LogP) is 3.91. The summed E-state index contributed by atoms with van der Waals surface area (Å²) in [7, 11) is 0. The molecule has 122 valence electrons. The number of benzene rings is 2. The van der Waals surface area contributed by atoms with E-state index in [9.17, 15) is 4.79 Å². The molecule has 0 aliphatic carbocycles. The molecule has 1 aromatic heterocycles. The van der Waals surface area contributed by atoms with Crippen molar-refractivity contribution >= 4 is 11.6 Å². The van der Waals surface area contributed by atoms with Crippen molar-refractivity contribution in [2.75, 3.05) is 11.9 Å². The number of nitrogens with one attached hydrogen (secondary N) is 2. The molecule has 0 bridgehead atoms. The first kappa shape index (κ1) is 16.0. The third kappa shape index (κ3) is 4.12. The van der Waals surface area contributed by atoms with Crippen LogP contribution in [0.4, 0.5) is 5.69 Å². The van der Waals surface area contributed by atoms with E-state index in [1.807, 2.05) is 73.7 Å². The quantitative estimate of drug-likeness (QED) is 0.724. The zero-order valence-electron chi connectivity index (χ0n) is 13.5. The summed E-state index contributed by atoms with van der Waals surface area (Å²) in [4.78, 5) is 12.2. The molecule has 1 amide bonds. The Bertz CT molecular complexity index is 765. The number of furan rings is 1. The third-order valence-electron chi connectivity index (χ3n) is 3.76. The Balaban J connectivity index is 1.65.